The summed E-state index contributed by atoms with van der Waals surface area (Å²) in [7, 11) is -0.462. The molecule has 0 radical (unpaired) electrons. The first-order chi connectivity index (χ1) is 8.39. The third-order valence-electron chi connectivity index (χ3n) is 3.71. The fourth-order valence-electron chi connectivity index (χ4n) is 1.86. The van der Waals surface area contributed by atoms with E-state index >= 15 is 0 Å². The predicted octanol–water partition coefficient (Wildman–Crippen LogP) is 1.52. The maximum atomic E-state index is 5.93. The number of rotatable bonds is 1. The smallest absolute Gasteiger partial charge is 0.442 e. The molecule has 2 aromatic heterocycles. The Balaban J connectivity index is 1.96. The number of fused-ring (bicyclic) bond motifs is 1. The first kappa shape index (κ1) is 11.7. The lowest BCUT2D eigenvalue weighted by molar-refractivity contribution is 0.00578. The molecule has 0 N–H and O–H groups in total. The van der Waals surface area contributed by atoms with Crippen molar-refractivity contribution in [2.75, 3.05) is 0 Å². The van der Waals surface area contributed by atoms with Gasteiger partial charge in [0.15, 0.2) is 17.6 Å². The van der Waals surface area contributed by atoms with Gasteiger partial charge in [0.25, 0.3) is 0 Å². The molecule has 3 rings (SSSR count). The monoisotopic (exact) mass is 246 g/mol. The minimum absolute atomic E-state index is 0.363. The van der Waals surface area contributed by atoms with Crippen LogP contribution in [0.25, 0.3) is 11.2 Å². The minimum Gasteiger partial charge on any atom is -0.442 e. The van der Waals surface area contributed by atoms with Crippen LogP contribution >= 0.6 is 0 Å². The van der Waals surface area contributed by atoms with E-state index in [1.807, 2.05) is 39.8 Å². The fourth-order valence-corrected chi connectivity index (χ4v) is 1.86. The van der Waals surface area contributed by atoms with Crippen molar-refractivity contribution in [2.24, 2.45) is 0 Å². The topological polar surface area (TPSA) is 57.4 Å². The first-order valence-corrected chi connectivity index (χ1v) is 5.95. The average Bonchev–Trinajstić information content (AvgIpc) is 2.80. The zero-order valence-corrected chi connectivity index (χ0v) is 10.9. The molecule has 18 heavy (non-hydrogen) atoms. The molecule has 2 aromatic rings. The van der Waals surface area contributed by atoms with Crippen LogP contribution in [0.4, 0.5) is 0 Å². The van der Waals surface area contributed by atoms with E-state index in [-0.39, 0.29) is 11.2 Å². The van der Waals surface area contributed by atoms with Crippen molar-refractivity contribution in [3.05, 3.63) is 18.5 Å². The van der Waals surface area contributed by atoms with E-state index in [9.17, 15) is 0 Å². The lowest BCUT2D eigenvalue weighted by Gasteiger charge is -2.32. The highest BCUT2D eigenvalue weighted by molar-refractivity contribution is 6.61. The second-order valence-electron chi connectivity index (χ2n) is 5.50. The number of oxazole rings is 1. The van der Waals surface area contributed by atoms with Crippen molar-refractivity contribution < 1.29 is 13.7 Å². The van der Waals surface area contributed by atoms with Gasteiger partial charge in [-0.15, -0.1) is 0 Å². The maximum absolute atomic E-state index is 5.93. The molecule has 1 fully saturated rings. The van der Waals surface area contributed by atoms with Crippen LogP contribution in [0.5, 0.6) is 0 Å². The molecule has 0 unspecified atom stereocenters. The van der Waals surface area contributed by atoms with E-state index in [1.54, 1.807) is 0 Å². The molecular formula is C12H15BN2O3. The highest BCUT2D eigenvalue weighted by Crippen LogP contribution is 2.36. The molecule has 0 amide bonds. The molecule has 0 bridgehead atoms. The number of hydrogen-bond donors (Lipinski definition) is 0. The van der Waals surface area contributed by atoms with Crippen LogP contribution in [0, 0.1) is 0 Å². The molecule has 0 aromatic carbocycles. The zero-order chi connectivity index (χ0) is 13.0. The highest BCUT2D eigenvalue weighted by atomic mass is 16.7. The van der Waals surface area contributed by atoms with E-state index in [1.165, 1.54) is 6.39 Å². The molecule has 0 aliphatic carbocycles. The van der Waals surface area contributed by atoms with E-state index < -0.39 is 7.12 Å². The molecule has 1 aliphatic rings. The lowest BCUT2D eigenvalue weighted by Crippen LogP contribution is -2.41. The normalized spacial score (nSPS) is 21.7. The van der Waals surface area contributed by atoms with Crippen molar-refractivity contribution in [2.45, 2.75) is 38.9 Å². The van der Waals surface area contributed by atoms with Crippen LogP contribution < -0.4 is 5.59 Å². The lowest BCUT2D eigenvalue weighted by atomic mass is 9.84. The van der Waals surface area contributed by atoms with Crippen molar-refractivity contribution >= 4 is 23.9 Å². The van der Waals surface area contributed by atoms with Crippen molar-refractivity contribution in [3.8, 4) is 0 Å². The summed E-state index contributed by atoms with van der Waals surface area (Å²) in [6.07, 6.45) is 1.38. The van der Waals surface area contributed by atoms with Crippen LogP contribution in [0.3, 0.4) is 0 Å². The summed E-state index contributed by atoms with van der Waals surface area (Å²) >= 11 is 0. The van der Waals surface area contributed by atoms with Crippen LogP contribution in [-0.2, 0) is 9.31 Å². The highest BCUT2D eigenvalue weighted by Gasteiger charge is 2.52. The van der Waals surface area contributed by atoms with E-state index in [2.05, 4.69) is 9.97 Å². The predicted molar refractivity (Wildman–Crippen MR) is 67.5 cm³/mol. The van der Waals surface area contributed by atoms with Crippen LogP contribution in [0.15, 0.2) is 22.9 Å². The Morgan fingerprint density at radius 1 is 1.06 bits per heavy atom. The van der Waals surface area contributed by atoms with Gasteiger partial charge in [-0.3, -0.25) is 0 Å². The van der Waals surface area contributed by atoms with Crippen molar-refractivity contribution in [3.63, 3.8) is 0 Å². The van der Waals surface area contributed by atoms with E-state index in [0.29, 0.717) is 11.2 Å². The van der Waals surface area contributed by atoms with Gasteiger partial charge in [0.2, 0.25) is 0 Å². The summed E-state index contributed by atoms with van der Waals surface area (Å²) in [4.78, 5) is 8.43. The molecular weight excluding hydrogens is 231 g/mol. The van der Waals surface area contributed by atoms with Gasteiger partial charge in [-0.2, -0.15) is 4.98 Å². The van der Waals surface area contributed by atoms with E-state index in [4.69, 9.17) is 13.7 Å². The summed E-state index contributed by atoms with van der Waals surface area (Å²) < 4.78 is 17.0. The Kier molecular flexibility index (Phi) is 2.31. The van der Waals surface area contributed by atoms with E-state index in [0.717, 1.165) is 5.59 Å². The molecule has 3 heterocycles. The molecule has 0 atom stereocenters. The van der Waals surface area contributed by atoms with Gasteiger partial charge < -0.3 is 13.7 Å². The van der Waals surface area contributed by atoms with Gasteiger partial charge in [0, 0.05) is 0 Å². The maximum Gasteiger partial charge on any atom is 0.514 e. The summed E-state index contributed by atoms with van der Waals surface area (Å²) in [5.41, 5.74) is 1.23. The van der Waals surface area contributed by atoms with Crippen LogP contribution in [0.1, 0.15) is 27.7 Å². The number of nitrogens with zero attached hydrogens (tertiary/aromatic N) is 2. The Bertz CT molecular complexity index is 578. The first-order valence-electron chi connectivity index (χ1n) is 5.95. The van der Waals surface area contributed by atoms with Gasteiger partial charge in [0.1, 0.15) is 0 Å². The molecule has 1 aliphatic heterocycles. The Morgan fingerprint density at radius 3 is 2.39 bits per heavy atom. The fraction of sp³-hybridized carbons (Fsp3) is 0.500. The SMILES string of the molecule is CC1(C)OB(c2ccc3ocnc3n2)OC1(C)C. The largest absolute Gasteiger partial charge is 0.514 e. The second-order valence-corrected chi connectivity index (χ2v) is 5.50. The number of aromatic nitrogens is 2. The molecule has 0 spiro atoms. The summed E-state index contributed by atoms with van der Waals surface area (Å²) in [6.45, 7) is 8.06. The quantitative estimate of drug-likeness (QED) is 0.714. The van der Waals surface area contributed by atoms with Crippen molar-refractivity contribution in [1.29, 1.82) is 0 Å². The number of hydrogen-bond acceptors (Lipinski definition) is 5. The minimum atomic E-state index is -0.462. The Morgan fingerprint density at radius 2 is 1.72 bits per heavy atom. The van der Waals surface area contributed by atoms with Crippen molar-refractivity contribution in [1.82, 2.24) is 9.97 Å². The molecule has 0 saturated carbocycles. The van der Waals surface area contributed by atoms with Gasteiger partial charge in [-0.05, 0) is 39.8 Å². The van der Waals surface area contributed by atoms with Crippen LogP contribution in [0.2, 0.25) is 0 Å². The molecule has 1 saturated heterocycles. The second kappa shape index (κ2) is 3.55. The van der Waals surface area contributed by atoms with Gasteiger partial charge in [-0.1, -0.05) is 0 Å². The molecule has 6 heteroatoms. The van der Waals surface area contributed by atoms with Gasteiger partial charge in [-0.25, -0.2) is 4.98 Å². The summed E-state index contributed by atoms with van der Waals surface area (Å²) in [5.74, 6) is 0. The standard InChI is InChI=1S/C12H15BN2O3/c1-11(2)12(3,4)18-13(17-11)9-6-5-8-10(15-9)14-7-16-8/h5-7H,1-4H3. The molecule has 5 nitrogen and oxygen atoms in total. The van der Waals surface area contributed by atoms with Crippen LogP contribution in [-0.4, -0.2) is 28.3 Å². The summed E-state index contributed by atoms with van der Waals surface area (Å²) in [6, 6.07) is 3.67. The molecule has 94 valence electrons. The van der Waals surface area contributed by atoms with Gasteiger partial charge in [0.05, 0.1) is 16.8 Å². The summed E-state index contributed by atoms with van der Waals surface area (Å²) in [5, 5.41) is 0. The third-order valence-corrected chi connectivity index (χ3v) is 3.71. The number of pyridine rings is 1. The Hall–Kier alpha value is -1.40. The van der Waals surface area contributed by atoms with Gasteiger partial charge >= 0.3 is 7.12 Å². The third kappa shape index (κ3) is 1.64. The Labute approximate surface area is 106 Å². The zero-order valence-electron chi connectivity index (χ0n) is 10.9. The average molecular weight is 246 g/mol.